The van der Waals surface area contributed by atoms with Crippen LogP contribution in [0.15, 0.2) is 29.4 Å². The maximum atomic E-state index is 5.84. The molecule has 1 aromatic carbocycles. The van der Waals surface area contributed by atoms with E-state index in [1.807, 2.05) is 31.2 Å². The van der Waals surface area contributed by atoms with Gasteiger partial charge in [-0.3, -0.25) is 10.3 Å². The molecule has 0 unspecified atom stereocenters. The van der Waals surface area contributed by atoms with E-state index >= 15 is 0 Å². The Morgan fingerprint density at radius 3 is 2.82 bits per heavy atom. The van der Waals surface area contributed by atoms with Crippen molar-refractivity contribution in [2.45, 2.75) is 13.3 Å². The van der Waals surface area contributed by atoms with Crippen molar-refractivity contribution >= 4 is 23.3 Å². The standard InChI is InChI=1S/C12H15ClN4/c1-9(10-3-5-11(13)6-4-10)16-17-12-14-7-2-8-15-12/h3-6H,2,7-8H2,1H3,(H2,14,15,17)/p+1/b16-9-. The van der Waals surface area contributed by atoms with E-state index in [-0.39, 0.29) is 0 Å². The minimum Gasteiger partial charge on any atom is -0.276 e. The molecule has 3 N–H and O–H groups in total. The highest BCUT2D eigenvalue weighted by atomic mass is 35.5. The number of hydrazone groups is 1. The van der Waals surface area contributed by atoms with Gasteiger partial charge in [-0.2, -0.15) is 5.43 Å². The zero-order valence-corrected chi connectivity index (χ0v) is 10.5. The molecule has 0 bridgehead atoms. The lowest BCUT2D eigenvalue weighted by Crippen LogP contribution is -2.81. The molecule has 1 aliphatic heterocycles. The Labute approximate surface area is 106 Å². The summed E-state index contributed by atoms with van der Waals surface area (Å²) in [7, 11) is 0. The van der Waals surface area contributed by atoms with Gasteiger partial charge in [0.25, 0.3) is 0 Å². The summed E-state index contributed by atoms with van der Waals surface area (Å²) in [6.07, 6.45) is 1.13. The van der Waals surface area contributed by atoms with E-state index in [1.165, 1.54) is 0 Å². The van der Waals surface area contributed by atoms with E-state index < -0.39 is 0 Å². The van der Waals surface area contributed by atoms with E-state index in [2.05, 4.69) is 20.8 Å². The fourth-order valence-corrected chi connectivity index (χ4v) is 1.68. The molecule has 0 atom stereocenters. The average Bonchev–Trinajstić information content (AvgIpc) is 2.38. The molecule has 0 saturated heterocycles. The molecule has 0 fully saturated rings. The first-order valence-corrected chi connectivity index (χ1v) is 6.04. The Morgan fingerprint density at radius 1 is 1.41 bits per heavy atom. The Morgan fingerprint density at radius 2 is 2.18 bits per heavy atom. The molecule has 4 nitrogen and oxygen atoms in total. The number of hydrogen-bond donors (Lipinski definition) is 3. The molecule has 17 heavy (non-hydrogen) atoms. The molecule has 5 heteroatoms. The Kier molecular flexibility index (Phi) is 3.98. The van der Waals surface area contributed by atoms with E-state index in [4.69, 9.17) is 11.6 Å². The van der Waals surface area contributed by atoms with Crippen LogP contribution in [0.5, 0.6) is 0 Å². The number of benzene rings is 1. The summed E-state index contributed by atoms with van der Waals surface area (Å²) in [5.41, 5.74) is 4.96. The van der Waals surface area contributed by atoms with Gasteiger partial charge in [-0.1, -0.05) is 23.7 Å². The number of hydrogen-bond acceptors (Lipinski definition) is 3. The lowest BCUT2D eigenvalue weighted by atomic mass is 10.1. The first kappa shape index (κ1) is 11.9. The number of halogens is 1. The van der Waals surface area contributed by atoms with Gasteiger partial charge in [-0.05, 0) is 24.6 Å². The van der Waals surface area contributed by atoms with Crippen LogP contribution in [0.3, 0.4) is 0 Å². The second-order valence-corrected chi connectivity index (χ2v) is 4.33. The van der Waals surface area contributed by atoms with E-state index in [0.717, 1.165) is 41.8 Å². The van der Waals surface area contributed by atoms with Gasteiger partial charge in [0.1, 0.15) is 0 Å². The quantitative estimate of drug-likeness (QED) is 0.515. The van der Waals surface area contributed by atoms with Crippen LogP contribution in [0.4, 0.5) is 0 Å². The third kappa shape index (κ3) is 3.46. The minimum atomic E-state index is 0.736. The van der Waals surface area contributed by atoms with Crippen molar-refractivity contribution in [1.29, 1.82) is 0 Å². The normalized spacial score (nSPS) is 16.1. The van der Waals surface area contributed by atoms with Gasteiger partial charge in [0.15, 0.2) is 0 Å². The zero-order valence-electron chi connectivity index (χ0n) is 9.76. The van der Waals surface area contributed by atoms with Crippen molar-refractivity contribution in [3.8, 4) is 0 Å². The van der Waals surface area contributed by atoms with Crippen molar-refractivity contribution in [2.75, 3.05) is 13.1 Å². The molecule has 1 heterocycles. The van der Waals surface area contributed by atoms with Crippen molar-refractivity contribution in [3.05, 3.63) is 34.9 Å². The first-order chi connectivity index (χ1) is 8.25. The summed E-state index contributed by atoms with van der Waals surface area (Å²) in [5, 5.41) is 8.25. The van der Waals surface area contributed by atoms with Gasteiger partial charge in [0.05, 0.1) is 18.8 Å². The highest BCUT2D eigenvalue weighted by molar-refractivity contribution is 6.30. The van der Waals surface area contributed by atoms with Crippen molar-refractivity contribution in [3.63, 3.8) is 0 Å². The van der Waals surface area contributed by atoms with Crippen LogP contribution in [0, 0.1) is 0 Å². The summed E-state index contributed by atoms with van der Waals surface area (Å²) in [6.45, 7) is 3.91. The van der Waals surface area contributed by atoms with Gasteiger partial charge in [0, 0.05) is 11.4 Å². The molecule has 90 valence electrons. The third-order valence-electron chi connectivity index (χ3n) is 2.55. The smallest absolute Gasteiger partial charge is 0.276 e. The predicted molar refractivity (Wildman–Crippen MR) is 70.3 cm³/mol. The topological polar surface area (TPSA) is 50.4 Å². The molecular weight excluding hydrogens is 236 g/mol. The Bertz CT molecular complexity index is 436. The van der Waals surface area contributed by atoms with Crippen LogP contribution in [0.25, 0.3) is 0 Å². The molecule has 2 rings (SSSR count). The summed E-state index contributed by atoms with van der Waals surface area (Å²) in [5.74, 6) is 0.865. The second-order valence-electron chi connectivity index (χ2n) is 3.90. The van der Waals surface area contributed by atoms with Crippen LogP contribution in [-0.2, 0) is 0 Å². The van der Waals surface area contributed by atoms with Crippen LogP contribution in [0.1, 0.15) is 18.9 Å². The van der Waals surface area contributed by atoms with Gasteiger partial charge in [-0.25, -0.2) is 0 Å². The number of nitrogens with zero attached hydrogens (tertiary/aromatic N) is 1. The maximum Gasteiger partial charge on any atom is 0.367 e. The van der Waals surface area contributed by atoms with E-state index in [0.29, 0.717) is 0 Å². The predicted octanol–water partition coefficient (Wildman–Crippen LogP) is 0.0835. The lowest BCUT2D eigenvalue weighted by Gasteiger charge is -2.07. The monoisotopic (exact) mass is 251 g/mol. The highest BCUT2D eigenvalue weighted by Gasteiger charge is 2.09. The van der Waals surface area contributed by atoms with Crippen molar-refractivity contribution in [1.82, 2.24) is 10.7 Å². The SMILES string of the molecule is C/C(=N/NC1=[NH+]CCCN1)c1ccc(Cl)cc1. The van der Waals surface area contributed by atoms with Crippen molar-refractivity contribution < 1.29 is 4.99 Å². The second kappa shape index (κ2) is 5.68. The molecule has 1 aliphatic rings. The number of rotatable bonds is 2. The van der Waals surface area contributed by atoms with Gasteiger partial charge in [-0.15, -0.1) is 5.10 Å². The molecule has 1 aromatic rings. The molecule has 0 saturated carbocycles. The fourth-order valence-electron chi connectivity index (χ4n) is 1.55. The largest absolute Gasteiger partial charge is 0.367 e. The summed E-state index contributed by atoms with van der Waals surface area (Å²) < 4.78 is 0. The third-order valence-corrected chi connectivity index (χ3v) is 2.81. The fraction of sp³-hybridized carbons (Fsp3) is 0.333. The van der Waals surface area contributed by atoms with Crippen LogP contribution >= 0.6 is 11.6 Å². The molecule has 0 spiro atoms. The lowest BCUT2D eigenvalue weighted by molar-refractivity contribution is -0.466. The summed E-state index contributed by atoms with van der Waals surface area (Å²) >= 11 is 5.84. The van der Waals surface area contributed by atoms with E-state index in [1.54, 1.807) is 0 Å². The van der Waals surface area contributed by atoms with Crippen LogP contribution in [0.2, 0.25) is 5.02 Å². The summed E-state index contributed by atoms with van der Waals surface area (Å²) in [4.78, 5) is 3.20. The molecule has 0 amide bonds. The van der Waals surface area contributed by atoms with Crippen LogP contribution in [-0.4, -0.2) is 24.8 Å². The molecule has 0 aliphatic carbocycles. The number of guanidine groups is 1. The van der Waals surface area contributed by atoms with E-state index in [9.17, 15) is 0 Å². The van der Waals surface area contributed by atoms with Gasteiger partial charge >= 0.3 is 5.96 Å². The van der Waals surface area contributed by atoms with Crippen LogP contribution < -0.4 is 15.7 Å². The maximum absolute atomic E-state index is 5.84. The molecular formula is C12H16ClN4+. The van der Waals surface area contributed by atoms with Gasteiger partial charge in [0.2, 0.25) is 0 Å². The zero-order chi connectivity index (χ0) is 12.1. The molecule has 0 aromatic heterocycles. The minimum absolute atomic E-state index is 0.736. The Hall–Kier alpha value is -1.55. The Balaban J connectivity index is 2.01. The summed E-state index contributed by atoms with van der Waals surface area (Å²) in [6, 6.07) is 7.63. The number of nitrogens with one attached hydrogen (secondary N) is 3. The van der Waals surface area contributed by atoms with Crippen molar-refractivity contribution in [2.24, 2.45) is 5.10 Å². The first-order valence-electron chi connectivity index (χ1n) is 5.66. The highest BCUT2D eigenvalue weighted by Crippen LogP contribution is 2.09. The average molecular weight is 252 g/mol. The van der Waals surface area contributed by atoms with Gasteiger partial charge < -0.3 is 0 Å². The molecule has 0 radical (unpaired) electrons.